The van der Waals surface area contributed by atoms with Crippen molar-refractivity contribution in [1.29, 1.82) is 0 Å². The summed E-state index contributed by atoms with van der Waals surface area (Å²) in [6, 6.07) is 13.8. The highest BCUT2D eigenvalue weighted by Gasteiger charge is 2.13. The Balaban J connectivity index is 1.49. The Morgan fingerprint density at radius 3 is 2.88 bits per heavy atom. The summed E-state index contributed by atoms with van der Waals surface area (Å²) in [6.07, 6.45) is 3.11. The second kappa shape index (κ2) is 8.60. The molecule has 1 aliphatic heterocycles. The van der Waals surface area contributed by atoms with Crippen molar-refractivity contribution in [2.45, 2.75) is 19.3 Å². The summed E-state index contributed by atoms with van der Waals surface area (Å²) in [7, 11) is 0. The fraction of sp³-hybridized carbons (Fsp3) is 0.143. The second-order valence-electron chi connectivity index (χ2n) is 7.29. The zero-order valence-corrected chi connectivity index (χ0v) is 17.5. The molecule has 4 N–H and O–H groups in total. The number of amides is 1. The maximum atomic E-state index is 12.5. The third kappa shape index (κ3) is 4.49. The fourth-order valence-corrected chi connectivity index (χ4v) is 3.60. The van der Waals surface area contributed by atoms with Gasteiger partial charge in [-0.15, -0.1) is 5.10 Å². The van der Waals surface area contributed by atoms with E-state index in [0.717, 1.165) is 41.0 Å². The number of nitrogens with one attached hydrogen (secondary N) is 4. The number of aromatic nitrogens is 6. The molecule has 1 aliphatic rings. The molecule has 32 heavy (non-hydrogen) atoms. The van der Waals surface area contributed by atoms with Crippen LogP contribution in [0.5, 0.6) is 0 Å². The van der Waals surface area contributed by atoms with Crippen molar-refractivity contribution < 1.29 is 4.79 Å². The molecule has 10 nitrogen and oxygen atoms in total. The number of hydrogen-bond acceptors (Lipinski definition) is 8. The molecule has 0 atom stereocenters. The average molecular weight is 448 g/mol. The molecule has 3 heterocycles. The van der Waals surface area contributed by atoms with Gasteiger partial charge >= 0.3 is 0 Å². The minimum absolute atomic E-state index is 0.0550. The maximum Gasteiger partial charge on any atom is 0.232 e. The normalized spacial score (nSPS) is 12.4. The molecule has 160 valence electrons. The van der Waals surface area contributed by atoms with Crippen molar-refractivity contribution in [2.75, 3.05) is 16.0 Å². The number of H-pyrrole nitrogens is 1. The molecule has 2 aromatic heterocycles. The Kier molecular flexibility index (Phi) is 5.34. The van der Waals surface area contributed by atoms with E-state index in [2.05, 4.69) is 58.7 Å². The summed E-state index contributed by atoms with van der Waals surface area (Å²) >= 11 is 6.31. The lowest BCUT2D eigenvalue weighted by Gasteiger charge is -2.14. The Bertz CT molecular complexity index is 1280. The molecular formula is C21H18ClN9O. The van der Waals surface area contributed by atoms with Crippen molar-refractivity contribution in [3.8, 4) is 0 Å². The number of anilines is 5. The van der Waals surface area contributed by atoms with Gasteiger partial charge in [-0.3, -0.25) is 4.79 Å². The van der Waals surface area contributed by atoms with Crippen molar-refractivity contribution >= 4 is 46.3 Å². The van der Waals surface area contributed by atoms with Gasteiger partial charge in [0.1, 0.15) is 5.02 Å². The maximum absolute atomic E-state index is 12.5. The Morgan fingerprint density at radius 2 is 2.00 bits per heavy atom. The molecule has 4 aromatic rings. The quantitative estimate of drug-likeness (QED) is 0.375. The number of tetrazole rings is 1. The van der Waals surface area contributed by atoms with Gasteiger partial charge in [-0.2, -0.15) is 4.98 Å². The summed E-state index contributed by atoms with van der Waals surface area (Å²) in [6.45, 7) is 0. The van der Waals surface area contributed by atoms with Crippen molar-refractivity contribution in [1.82, 2.24) is 30.6 Å². The third-order valence-corrected chi connectivity index (χ3v) is 5.25. The van der Waals surface area contributed by atoms with Crippen LogP contribution in [-0.2, 0) is 24.1 Å². The van der Waals surface area contributed by atoms with Crippen LogP contribution in [0.2, 0.25) is 5.02 Å². The summed E-state index contributed by atoms with van der Waals surface area (Å²) in [4.78, 5) is 21.3. The second-order valence-corrected chi connectivity index (χ2v) is 7.69. The van der Waals surface area contributed by atoms with E-state index in [1.165, 1.54) is 0 Å². The van der Waals surface area contributed by atoms with Crippen LogP contribution in [0.4, 0.5) is 28.8 Å². The summed E-state index contributed by atoms with van der Waals surface area (Å²) in [5.41, 5.74) is 4.53. The van der Waals surface area contributed by atoms with E-state index >= 15 is 0 Å². The number of benzene rings is 2. The van der Waals surface area contributed by atoms with Crippen LogP contribution in [0.25, 0.3) is 0 Å². The summed E-state index contributed by atoms with van der Waals surface area (Å²) in [5.74, 6) is 1.12. The van der Waals surface area contributed by atoms with Gasteiger partial charge in [0, 0.05) is 17.1 Å². The molecular weight excluding hydrogens is 430 g/mol. The zero-order valence-electron chi connectivity index (χ0n) is 16.8. The van der Waals surface area contributed by atoms with Crippen LogP contribution in [-0.4, -0.2) is 36.5 Å². The fourth-order valence-electron chi connectivity index (χ4n) is 3.46. The molecule has 2 aromatic carbocycles. The highest BCUT2D eigenvalue weighted by atomic mass is 35.5. The topological polar surface area (TPSA) is 133 Å². The number of halogens is 1. The number of carbonyl (C=O) groups is 1. The number of aryl methyl sites for hydroxylation is 2. The van der Waals surface area contributed by atoms with Crippen LogP contribution >= 0.6 is 11.6 Å². The Labute approximate surface area is 187 Å². The predicted octanol–water partition coefficient (Wildman–Crippen LogP) is 3.41. The SMILES string of the molecule is O=C(Cc1nnn[nH]1)Nc1ccc2cc1CCc1cccc(c1)Nc1ncc(Cl)c(n1)N2. The molecule has 0 fully saturated rings. The van der Waals surface area contributed by atoms with Gasteiger partial charge in [0.25, 0.3) is 0 Å². The Hall–Kier alpha value is -4.05. The highest BCUT2D eigenvalue weighted by molar-refractivity contribution is 6.32. The average Bonchev–Trinajstić information content (AvgIpc) is 3.29. The van der Waals surface area contributed by atoms with Gasteiger partial charge in [0.05, 0.1) is 12.6 Å². The van der Waals surface area contributed by atoms with Gasteiger partial charge < -0.3 is 16.0 Å². The lowest BCUT2D eigenvalue weighted by Crippen LogP contribution is -2.16. The van der Waals surface area contributed by atoms with E-state index in [0.29, 0.717) is 22.6 Å². The van der Waals surface area contributed by atoms with Gasteiger partial charge in [-0.1, -0.05) is 23.7 Å². The number of nitrogens with zero attached hydrogens (tertiary/aromatic N) is 5. The molecule has 1 amide bonds. The van der Waals surface area contributed by atoms with Gasteiger partial charge in [-0.05, 0) is 64.7 Å². The van der Waals surface area contributed by atoms with Gasteiger partial charge in [0.15, 0.2) is 11.6 Å². The smallest absolute Gasteiger partial charge is 0.232 e. The van der Waals surface area contributed by atoms with Crippen LogP contribution in [0, 0.1) is 0 Å². The van der Waals surface area contributed by atoms with Gasteiger partial charge in [0.2, 0.25) is 11.9 Å². The first-order chi connectivity index (χ1) is 15.6. The lowest BCUT2D eigenvalue weighted by atomic mass is 10.0. The first-order valence-electron chi connectivity index (χ1n) is 9.93. The molecule has 11 heteroatoms. The first kappa shape index (κ1) is 19.9. The number of carbonyl (C=O) groups excluding carboxylic acids is 1. The highest BCUT2D eigenvalue weighted by Crippen LogP contribution is 2.29. The molecule has 0 unspecified atom stereocenters. The van der Waals surface area contributed by atoms with Crippen LogP contribution < -0.4 is 16.0 Å². The standard InChI is InChI=1S/C21H18ClN9O/c22-16-11-23-21-25-14-3-1-2-12(8-14)4-5-13-9-15(24-20(16)27-21)6-7-17(13)26-19(32)10-18-28-30-31-29-18/h1-3,6-9,11H,4-5,10H2,(H,26,32)(H2,23,24,25,27)(H,28,29,30,31). The minimum atomic E-state index is -0.210. The predicted molar refractivity (Wildman–Crippen MR) is 120 cm³/mol. The number of aromatic amines is 1. The molecule has 0 radical (unpaired) electrons. The van der Waals surface area contributed by atoms with E-state index in [9.17, 15) is 4.79 Å². The molecule has 0 saturated heterocycles. The first-order valence-corrected chi connectivity index (χ1v) is 10.3. The monoisotopic (exact) mass is 447 g/mol. The lowest BCUT2D eigenvalue weighted by molar-refractivity contribution is -0.115. The molecule has 0 spiro atoms. The largest absolute Gasteiger partial charge is 0.339 e. The number of rotatable bonds is 3. The van der Waals surface area contributed by atoms with Crippen LogP contribution in [0.1, 0.15) is 17.0 Å². The van der Waals surface area contributed by atoms with Crippen LogP contribution in [0.3, 0.4) is 0 Å². The molecule has 0 saturated carbocycles. The minimum Gasteiger partial charge on any atom is -0.339 e. The van der Waals surface area contributed by atoms with Crippen LogP contribution in [0.15, 0.2) is 48.7 Å². The van der Waals surface area contributed by atoms with Crippen molar-refractivity contribution in [2.24, 2.45) is 0 Å². The summed E-state index contributed by atoms with van der Waals surface area (Å²) < 4.78 is 0. The van der Waals surface area contributed by atoms with E-state index < -0.39 is 0 Å². The van der Waals surface area contributed by atoms with E-state index in [4.69, 9.17) is 11.6 Å². The summed E-state index contributed by atoms with van der Waals surface area (Å²) in [5, 5.41) is 23.2. The number of fused-ring (bicyclic) bond motifs is 6. The zero-order chi connectivity index (χ0) is 21.9. The Morgan fingerprint density at radius 1 is 1.09 bits per heavy atom. The number of hydrogen-bond donors (Lipinski definition) is 4. The molecule has 6 bridgehead atoms. The van der Waals surface area contributed by atoms with E-state index in [-0.39, 0.29) is 12.3 Å². The van der Waals surface area contributed by atoms with E-state index in [1.807, 2.05) is 30.3 Å². The van der Waals surface area contributed by atoms with E-state index in [1.54, 1.807) is 6.20 Å². The molecule has 0 aliphatic carbocycles. The van der Waals surface area contributed by atoms with Crippen molar-refractivity contribution in [3.05, 3.63) is 70.6 Å². The third-order valence-electron chi connectivity index (χ3n) is 4.97. The van der Waals surface area contributed by atoms with Gasteiger partial charge in [-0.25, -0.2) is 10.1 Å². The van der Waals surface area contributed by atoms with Crippen molar-refractivity contribution in [3.63, 3.8) is 0 Å². The molecule has 5 rings (SSSR count).